The lowest BCUT2D eigenvalue weighted by atomic mass is 9.88. The molecule has 35 heavy (non-hydrogen) atoms. The highest BCUT2D eigenvalue weighted by atomic mass is 16.2. The predicted molar refractivity (Wildman–Crippen MR) is 144 cm³/mol. The fourth-order valence-electron chi connectivity index (χ4n) is 4.54. The van der Waals surface area contributed by atoms with E-state index in [9.17, 15) is 9.59 Å². The van der Waals surface area contributed by atoms with E-state index in [4.69, 9.17) is 5.73 Å². The summed E-state index contributed by atoms with van der Waals surface area (Å²) in [6.45, 7) is 9.38. The summed E-state index contributed by atoms with van der Waals surface area (Å²) in [6.07, 6.45) is 0.780. The van der Waals surface area contributed by atoms with Crippen LogP contribution in [0.5, 0.6) is 0 Å². The molecule has 4 N–H and O–H groups in total. The maximum absolute atomic E-state index is 12.5. The van der Waals surface area contributed by atoms with Crippen LogP contribution < -0.4 is 21.3 Å². The number of nitrogens with zero attached hydrogens (tertiary/aromatic N) is 1. The molecule has 0 fully saturated rings. The lowest BCUT2D eigenvalue weighted by Gasteiger charge is -2.39. The van der Waals surface area contributed by atoms with Crippen LogP contribution in [0.1, 0.15) is 52.6 Å². The Morgan fingerprint density at radius 2 is 1.63 bits per heavy atom. The number of hydrogen-bond acceptors (Lipinski definition) is 4. The van der Waals surface area contributed by atoms with Crippen LogP contribution in [0.3, 0.4) is 0 Å². The molecule has 0 spiro atoms. The van der Waals surface area contributed by atoms with Gasteiger partial charge >= 0.3 is 0 Å². The zero-order chi connectivity index (χ0) is 25.3. The van der Waals surface area contributed by atoms with Gasteiger partial charge in [-0.2, -0.15) is 0 Å². The minimum Gasteiger partial charge on any atom is -0.399 e. The van der Waals surface area contributed by atoms with E-state index in [0.717, 1.165) is 45.9 Å². The number of nitrogens with one attached hydrogen (secondary N) is 2. The van der Waals surface area contributed by atoms with Gasteiger partial charge < -0.3 is 21.3 Å². The summed E-state index contributed by atoms with van der Waals surface area (Å²) >= 11 is 0. The van der Waals surface area contributed by atoms with Gasteiger partial charge in [-0.25, -0.2) is 0 Å². The Labute approximate surface area is 207 Å². The van der Waals surface area contributed by atoms with Crippen molar-refractivity contribution in [3.05, 3.63) is 72.3 Å². The molecule has 0 saturated heterocycles. The molecule has 6 heteroatoms. The number of carbonyl (C=O) groups excluding carboxylic acids is 2. The van der Waals surface area contributed by atoms with Crippen LogP contribution in [0.2, 0.25) is 0 Å². The summed E-state index contributed by atoms with van der Waals surface area (Å²) in [5.74, 6) is 0.00302. The number of nitrogens with two attached hydrogens (primary N) is 1. The summed E-state index contributed by atoms with van der Waals surface area (Å²) < 4.78 is 0. The van der Waals surface area contributed by atoms with Crippen LogP contribution in [-0.4, -0.2) is 17.9 Å². The highest BCUT2D eigenvalue weighted by molar-refractivity contribution is 5.96. The van der Waals surface area contributed by atoms with Gasteiger partial charge in [-0.1, -0.05) is 39.0 Å². The normalized spacial score (nSPS) is 17.5. The van der Waals surface area contributed by atoms with Crippen molar-refractivity contribution in [1.82, 2.24) is 0 Å². The molecule has 2 atom stereocenters. The molecule has 1 aliphatic heterocycles. The Hall–Kier alpha value is -3.80. The summed E-state index contributed by atoms with van der Waals surface area (Å²) in [7, 11) is 0. The van der Waals surface area contributed by atoms with Gasteiger partial charge in [0, 0.05) is 41.1 Å². The van der Waals surface area contributed by atoms with Crippen LogP contribution in [0.4, 0.5) is 22.7 Å². The lowest BCUT2D eigenvalue weighted by Crippen LogP contribution is -2.43. The number of amides is 2. The molecule has 0 unspecified atom stereocenters. The second-order valence-electron chi connectivity index (χ2n) is 10.4. The number of nitrogen functional groups attached to an aromatic ring is 1. The summed E-state index contributed by atoms with van der Waals surface area (Å²) in [5, 5.41) is 6.65. The molecule has 0 bridgehead atoms. The van der Waals surface area contributed by atoms with Gasteiger partial charge in [0.05, 0.1) is 6.04 Å². The average molecular weight is 471 g/mol. The van der Waals surface area contributed by atoms with Crippen molar-refractivity contribution in [3.63, 3.8) is 0 Å². The molecule has 0 aromatic heterocycles. The van der Waals surface area contributed by atoms with Crippen molar-refractivity contribution in [1.29, 1.82) is 0 Å². The number of rotatable bonds is 4. The van der Waals surface area contributed by atoms with Crippen molar-refractivity contribution < 1.29 is 9.59 Å². The van der Waals surface area contributed by atoms with Gasteiger partial charge in [-0.3, -0.25) is 9.59 Å². The molecular formula is C29H34N4O2. The number of anilines is 4. The smallest absolute Gasteiger partial charge is 0.229 e. The van der Waals surface area contributed by atoms with Crippen LogP contribution in [0.15, 0.2) is 66.7 Å². The molecule has 0 radical (unpaired) electrons. The molecule has 1 aliphatic rings. The topological polar surface area (TPSA) is 87.5 Å². The first kappa shape index (κ1) is 24.3. The highest BCUT2D eigenvalue weighted by Crippen LogP contribution is 2.41. The van der Waals surface area contributed by atoms with E-state index in [0.29, 0.717) is 0 Å². The fourth-order valence-corrected chi connectivity index (χ4v) is 4.54. The molecule has 6 nitrogen and oxygen atoms in total. The highest BCUT2D eigenvalue weighted by Gasteiger charge is 2.32. The molecule has 2 amide bonds. The van der Waals surface area contributed by atoms with E-state index in [1.807, 2.05) is 86.3 Å². The van der Waals surface area contributed by atoms with Crippen LogP contribution in [0, 0.1) is 5.41 Å². The molecule has 0 aliphatic carbocycles. The first-order valence-corrected chi connectivity index (χ1v) is 12.0. The Morgan fingerprint density at radius 3 is 2.29 bits per heavy atom. The van der Waals surface area contributed by atoms with Gasteiger partial charge in [0.1, 0.15) is 0 Å². The second kappa shape index (κ2) is 9.45. The van der Waals surface area contributed by atoms with Gasteiger partial charge in [0.2, 0.25) is 11.8 Å². The Kier molecular flexibility index (Phi) is 6.57. The van der Waals surface area contributed by atoms with Crippen molar-refractivity contribution >= 4 is 34.6 Å². The minimum atomic E-state index is -0.477. The second-order valence-corrected chi connectivity index (χ2v) is 10.4. The zero-order valence-corrected chi connectivity index (χ0v) is 21.1. The maximum atomic E-state index is 12.5. The SMILES string of the molecule is CC(=O)N1c2ccc(-c3cccc(NC(=O)C(C)(C)C)c3)cc2[C@H](Nc2ccc(N)cc2)C[C@@H]1C. The van der Waals surface area contributed by atoms with E-state index >= 15 is 0 Å². The van der Waals surface area contributed by atoms with Crippen molar-refractivity contribution in [2.75, 3.05) is 21.3 Å². The molecule has 182 valence electrons. The van der Waals surface area contributed by atoms with E-state index in [1.54, 1.807) is 6.92 Å². The Bertz CT molecular complexity index is 1240. The van der Waals surface area contributed by atoms with E-state index in [-0.39, 0.29) is 23.9 Å². The molecule has 1 heterocycles. The number of fused-ring (bicyclic) bond motifs is 1. The third kappa shape index (κ3) is 5.32. The lowest BCUT2D eigenvalue weighted by molar-refractivity contribution is -0.123. The summed E-state index contributed by atoms with van der Waals surface area (Å²) in [5.41, 5.74) is 11.9. The first-order chi connectivity index (χ1) is 16.5. The van der Waals surface area contributed by atoms with Crippen molar-refractivity contribution in [2.24, 2.45) is 5.41 Å². The number of hydrogen-bond donors (Lipinski definition) is 3. The molecule has 0 saturated carbocycles. The third-order valence-electron chi connectivity index (χ3n) is 6.41. The Morgan fingerprint density at radius 1 is 0.943 bits per heavy atom. The van der Waals surface area contributed by atoms with Crippen molar-refractivity contribution in [3.8, 4) is 11.1 Å². The van der Waals surface area contributed by atoms with Crippen molar-refractivity contribution in [2.45, 2.75) is 53.1 Å². The maximum Gasteiger partial charge on any atom is 0.229 e. The largest absolute Gasteiger partial charge is 0.399 e. The predicted octanol–water partition coefficient (Wildman–Crippen LogP) is 6.22. The van der Waals surface area contributed by atoms with Crippen LogP contribution in [-0.2, 0) is 9.59 Å². The van der Waals surface area contributed by atoms with Crippen LogP contribution >= 0.6 is 0 Å². The number of carbonyl (C=O) groups is 2. The van der Waals surface area contributed by atoms with Crippen LogP contribution in [0.25, 0.3) is 11.1 Å². The average Bonchev–Trinajstić information content (AvgIpc) is 2.79. The van der Waals surface area contributed by atoms with Gasteiger partial charge in [0.15, 0.2) is 0 Å². The summed E-state index contributed by atoms with van der Waals surface area (Å²) in [6, 6.07) is 21.9. The van der Waals surface area contributed by atoms with E-state index in [1.165, 1.54) is 0 Å². The number of benzene rings is 3. The summed E-state index contributed by atoms with van der Waals surface area (Å²) in [4.78, 5) is 26.9. The quantitative estimate of drug-likeness (QED) is 0.395. The van der Waals surface area contributed by atoms with E-state index in [2.05, 4.69) is 23.6 Å². The van der Waals surface area contributed by atoms with E-state index < -0.39 is 5.41 Å². The molecule has 4 rings (SSSR count). The monoisotopic (exact) mass is 470 g/mol. The first-order valence-electron chi connectivity index (χ1n) is 12.0. The third-order valence-corrected chi connectivity index (χ3v) is 6.41. The molecule has 3 aromatic rings. The minimum absolute atomic E-state index is 0.0288. The Balaban J connectivity index is 1.71. The molecular weight excluding hydrogens is 436 g/mol. The van der Waals surface area contributed by atoms with Gasteiger partial charge in [-0.05, 0) is 78.6 Å². The molecule has 3 aromatic carbocycles. The standard InChI is InChI=1S/C29H34N4O2/c1-18-15-26(31-23-12-10-22(30)11-13-23)25-17-21(9-14-27(25)33(18)19(2)34)20-7-6-8-24(16-20)32-28(35)29(3,4)5/h6-14,16-18,26,31H,15,30H2,1-5H3,(H,32,35)/t18-,26+/m0/s1. The van der Waals surface area contributed by atoms with Gasteiger partial charge in [0.25, 0.3) is 0 Å². The fraction of sp³-hybridized carbons (Fsp3) is 0.310. The van der Waals surface area contributed by atoms with Gasteiger partial charge in [-0.15, -0.1) is 0 Å². The zero-order valence-electron chi connectivity index (χ0n) is 21.1.